The van der Waals surface area contributed by atoms with Crippen LogP contribution < -0.4 is 10.1 Å². The lowest BCUT2D eigenvalue weighted by molar-refractivity contribution is 0.0939. The van der Waals surface area contributed by atoms with Gasteiger partial charge < -0.3 is 10.1 Å². The first-order valence-electron chi connectivity index (χ1n) is 9.01. The molecule has 5 nitrogen and oxygen atoms in total. The lowest BCUT2D eigenvalue weighted by Crippen LogP contribution is -2.31. The Balaban J connectivity index is 1.72. The average molecular weight is 382 g/mol. The highest BCUT2D eigenvalue weighted by atomic mass is 32.1. The van der Waals surface area contributed by atoms with Crippen molar-refractivity contribution < 1.29 is 9.53 Å². The van der Waals surface area contributed by atoms with Gasteiger partial charge in [-0.2, -0.15) is 9.36 Å². The summed E-state index contributed by atoms with van der Waals surface area (Å²) in [6.45, 7) is 5.97. The maximum absolute atomic E-state index is 12.3. The molecule has 0 saturated carbocycles. The van der Waals surface area contributed by atoms with Crippen LogP contribution in [0.4, 0.5) is 0 Å². The molecular formula is C21H23N3O2S. The number of carbonyl (C=O) groups excluding carboxylic acids is 1. The Morgan fingerprint density at radius 3 is 2.74 bits per heavy atom. The molecule has 3 rings (SSSR count). The molecule has 3 aromatic rings. The molecule has 1 heterocycles. The van der Waals surface area contributed by atoms with Crippen LogP contribution in [0.3, 0.4) is 0 Å². The van der Waals surface area contributed by atoms with Gasteiger partial charge in [0.05, 0.1) is 0 Å². The van der Waals surface area contributed by atoms with Crippen LogP contribution in [0.15, 0.2) is 48.5 Å². The van der Waals surface area contributed by atoms with Crippen molar-refractivity contribution in [3.8, 4) is 10.9 Å². The summed E-state index contributed by atoms with van der Waals surface area (Å²) in [5.41, 5.74) is 2.67. The van der Waals surface area contributed by atoms with Crippen molar-refractivity contribution in [3.05, 3.63) is 71.0 Å². The molecule has 0 bridgehead atoms. The molecule has 1 aromatic heterocycles. The normalized spacial score (nSPS) is 11.8. The summed E-state index contributed by atoms with van der Waals surface area (Å²) in [7, 11) is 0. The van der Waals surface area contributed by atoms with Gasteiger partial charge in [0.25, 0.3) is 11.1 Å². The summed E-state index contributed by atoms with van der Waals surface area (Å²) in [4.78, 5) is 16.8. The number of nitrogens with one attached hydrogen (secondary N) is 1. The standard InChI is InChI=1S/C21H23N3O2S/c1-4-15(3)22-20(25)17-11-10-14(2)18(13-17)26-21-23-19(24-27-21)12-16-8-6-5-7-9-16/h5-11,13,15H,4,12H2,1-3H3,(H,22,25)/t15-/m1/s1. The summed E-state index contributed by atoms with van der Waals surface area (Å²) in [6.07, 6.45) is 1.55. The number of rotatable bonds is 7. The number of hydrogen-bond acceptors (Lipinski definition) is 5. The summed E-state index contributed by atoms with van der Waals surface area (Å²) in [5.74, 6) is 1.25. The van der Waals surface area contributed by atoms with E-state index in [1.54, 1.807) is 12.1 Å². The quantitative estimate of drug-likeness (QED) is 0.641. The zero-order valence-electron chi connectivity index (χ0n) is 15.7. The van der Waals surface area contributed by atoms with Crippen molar-refractivity contribution in [2.45, 2.75) is 39.7 Å². The third-order valence-electron chi connectivity index (χ3n) is 4.29. The fraction of sp³-hybridized carbons (Fsp3) is 0.286. The molecule has 0 aliphatic rings. The van der Waals surface area contributed by atoms with Gasteiger partial charge in [0, 0.05) is 29.6 Å². The van der Waals surface area contributed by atoms with Crippen LogP contribution >= 0.6 is 11.5 Å². The Bertz CT molecular complexity index is 909. The van der Waals surface area contributed by atoms with E-state index in [9.17, 15) is 4.79 Å². The molecule has 0 unspecified atom stereocenters. The highest BCUT2D eigenvalue weighted by molar-refractivity contribution is 7.07. The van der Waals surface area contributed by atoms with Gasteiger partial charge in [0.2, 0.25) is 0 Å². The zero-order chi connectivity index (χ0) is 19.2. The van der Waals surface area contributed by atoms with E-state index in [-0.39, 0.29) is 11.9 Å². The average Bonchev–Trinajstić information content (AvgIpc) is 3.11. The van der Waals surface area contributed by atoms with E-state index in [0.717, 1.165) is 23.4 Å². The van der Waals surface area contributed by atoms with E-state index in [1.807, 2.05) is 57.2 Å². The van der Waals surface area contributed by atoms with Crippen LogP contribution in [0, 0.1) is 6.92 Å². The van der Waals surface area contributed by atoms with E-state index in [0.29, 0.717) is 22.9 Å². The van der Waals surface area contributed by atoms with Crippen LogP contribution in [0.1, 0.15) is 47.6 Å². The lowest BCUT2D eigenvalue weighted by Gasteiger charge is -2.12. The molecule has 0 spiro atoms. The van der Waals surface area contributed by atoms with Crippen LogP contribution in [-0.4, -0.2) is 21.3 Å². The number of ether oxygens (including phenoxy) is 1. The molecule has 1 N–H and O–H groups in total. The predicted molar refractivity (Wildman–Crippen MR) is 108 cm³/mol. The zero-order valence-corrected chi connectivity index (χ0v) is 16.5. The molecule has 0 aliphatic carbocycles. The topological polar surface area (TPSA) is 64.1 Å². The van der Waals surface area contributed by atoms with Gasteiger partial charge in [-0.05, 0) is 43.5 Å². The Labute approximate surface area is 163 Å². The third kappa shape index (κ3) is 5.14. The molecule has 0 radical (unpaired) electrons. The summed E-state index contributed by atoms with van der Waals surface area (Å²) >= 11 is 1.22. The number of aryl methyl sites for hydroxylation is 1. The van der Waals surface area contributed by atoms with E-state index in [1.165, 1.54) is 11.5 Å². The molecule has 0 aliphatic heterocycles. The first-order valence-corrected chi connectivity index (χ1v) is 9.78. The van der Waals surface area contributed by atoms with Gasteiger partial charge >= 0.3 is 0 Å². The monoisotopic (exact) mass is 381 g/mol. The number of carbonyl (C=O) groups is 1. The summed E-state index contributed by atoms with van der Waals surface area (Å²) in [5, 5.41) is 3.44. The van der Waals surface area contributed by atoms with Gasteiger partial charge in [0.1, 0.15) is 5.75 Å². The van der Waals surface area contributed by atoms with E-state index in [4.69, 9.17) is 4.74 Å². The fourth-order valence-corrected chi connectivity index (χ4v) is 3.05. The van der Waals surface area contributed by atoms with Crippen molar-refractivity contribution >= 4 is 17.4 Å². The Morgan fingerprint density at radius 2 is 2.00 bits per heavy atom. The molecule has 1 atom stereocenters. The largest absolute Gasteiger partial charge is 0.430 e. The van der Waals surface area contributed by atoms with Gasteiger partial charge in [-0.1, -0.05) is 43.3 Å². The first-order chi connectivity index (χ1) is 13.0. The number of aromatic nitrogens is 2. The second-order valence-electron chi connectivity index (χ2n) is 6.50. The van der Waals surface area contributed by atoms with E-state index < -0.39 is 0 Å². The first kappa shape index (κ1) is 19.0. The van der Waals surface area contributed by atoms with Crippen LogP contribution in [0.2, 0.25) is 0 Å². The van der Waals surface area contributed by atoms with Crippen molar-refractivity contribution in [2.24, 2.45) is 0 Å². The van der Waals surface area contributed by atoms with Crippen LogP contribution in [0.25, 0.3) is 0 Å². The molecule has 0 fully saturated rings. The Hall–Kier alpha value is -2.73. The minimum absolute atomic E-state index is 0.101. The minimum Gasteiger partial charge on any atom is -0.430 e. The predicted octanol–water partition coefficient (Wildman–Crippen LogP) is 4.76. The Kier molecular flexibility index (Phi) is 6.19. The van der Waals surface area contributed by atoms with Crippen molar-refractivity contribution in [1.29, 1.82) is 0 Å². The molecule has 140 valence electrons. The molecule has 2 aromatic carbocycles. The van der Waals surface area contributed by atoms with Gasteiger partial charge in [-0.3, -0.25) is 4.79 Å². The molecular weight excluding hydrogens is 358 g/mol. The molecule has 6 heteroatoms. The Morgan fingerprint density at radius 1 is 1.22 bits per heavy atom. The van der Waals surface area contributed by atoms with E-state index in [2.05, 4.69) is 14.7 Å². The maximum Gasteiger partial charge on any atom is 0.298 e. The second kappa shape index (κ2) is 8.77. The summed E-state index contributed by atoms with van der Waals surface area (Å²) in [6, 6.07) is 15.7. The van der Waals surface area contributed by atoms with Crippen molar-refractivity contribution in [2.75, 3.05) is 0 Å². The smallest absolute Gasteiger partial charge is 0.298 e. The van der Waals surface area contributed by atoms with Crippen molar-refractivity contribution in [1.82, 2.24) is 14.7 Å². The highest BCUT2D eigenvalue weighted by Gasteiger charge is 2.13. The molecule has 0 saturated heterocycles. The lowest BCUT2D eigenvalue weighted by atomic mass is 10.1. The van der Waals surface area contributed by atoms with Gasteiger partial charge in [0.15, 0.2) is 5.82 Å². The maximum atomic E-state index is 12.3. The number of hydrogen-bond donors (Lipinski definition) is 1. The highest BCUT2D eigenvalue weighted by Crippen LogP contribution is 2.28. The number of nitrogens with zero attached hydrogens (tertiary/aromatic N) is 2. The number of benzene rings is 2. The summed E-state index contributed by atoms with van der Waals surface area (Å²) < 4.78 is 10.3. The van der Waals surface area contributed by atoms with Gasteiger partial charge in [-0.15, -0.1) is 0 Å². The number of amides is 1. The fourth-order valence-electron chi connectivity index (χ4n) is 2.48. The van der Waals surface area contributed by atoms with Crippen LogP contribution in [-0.2, 0) is 6.42 Å². The van der Waals surface area contributed by atoms with Crippen molar-refractivity contribution in [3.63, 3.8) is 0 Å². The molecule has 27 heavy (non-hydrogen) atoms. The molecule has 1 amide bonds. The minimum atomic E-state index is -0.101. The van der Waals surface area contributed by atoms with Crippen LogP contribution in [0.5, 0.6) is 10.9 Å². The SMILES string of the molecule is CC[C@@H](C)NC(=O)c1ccc(C)c(Oc2nc(Cc3ccccc3)ns2)c1. The van der Waals surface area contributed by atoms with E-state index >= 15 is 0 Å². The van der Waals surface area contributed by atoms with Gasteiger partial charge in [-0.25, -0.2) is 0 Å². The third-order valence-corrected chi connectivity index (χ3v) is 4.92. The second-order valence-corrected chi connectivity index (χ2v) is 7.22.